The summed E-state index contributed by atoms with van der Waals surface area (Å²) in [6.45, 7) is 2.64. The molecule has 174 valence electrons. The minimum absolute atomic E-state index is 0.0197. The number of hydrogen-bond donors (Lipinski definition) is 2. The van der Waals surface area contributed by atoms with Gasteiger partial charge in [0, 0.05) is 17.8 Å². The van der Waals surface area contributed by atoms with Crippen LogP contribution in [0.3, 0.4) is 0 Å². The van der Waals surface area contributed by atoms with Crippen LogP contribution in [0, 0.1) is 0 Å². The molecule has 9 heteroatoms. The summed E-state index contributed by atoms with van der Waals surface area (Å²) in [5.41, 5.74) is 1.43. The highest BCUT2D eigenvalue weighted by Gasteiger charge is 2.17. The number of sulfonamides is 1. The molecule has 0 fully saturated rings. The second-order valence-corrected chi connectivity index (χ2v) is 8.65. The Morgan fingerprint density at radius 1 is 0.909 bits per heavy atom. The van der Waals surface area contributed by atoms with E-state index in [2.05, 4.69) is 10.0 Å². The molecule has 0 heterocycles. The first-order chi connectivity index (χ1) is 15.9. The van der Waals surface area contributed by atoms with Crippen molar-refractivity contribution in [2.75, 3.05) is 25.5 Å². The summed E-state index contributed by atoms with van der Waals surface area (Å²) in [5.74, 6) is 1.41. The number of rotatable bonds is 10. The van der Waals surface area contributed by atoms with Crippen molar-refractivity contribution in [1.29, 1.82) is 0 Å². The Morgan fingerprint density at radius 2 is 1.67 bits per heavy atom. The summed E-state index contributed by atoms with van der Waals surface area (Å²) in [4.78, 5) is 12.6. The van der Waals surface area contributed by atoms with Gasteiger partial charge in [0.25, 0.3) is 15.9 Å². The van der Waals surface area contributed by atoms with E-state index in [-0.39, 0.29) is 17.0 Å². The normalized spacial score (nSPS) is 10.9. The molecule has 0 saturated carbocycles. The van der Waals surface area contributed by atoms with E-state index in [0.29, 0.717) is 29.5 Å². The lowest BCUT2D eigenvalue weighted by Crippen LogP contribution is -2.23. The van der Waals surface area contributed by atoms with E-state index in [0.717, 1.165) is 5.56 Å². The minimum Gasteiger partial charge on any atom is -0.497 e. The maximum Gasteiger partial charge on any atom is 0.261 e. The number of ether oxygens (including phenoxy) is 3. The predicted octanol–water partition coefficient (Wildman–Crippen LogP) is 3.83. The van der Waals surface area contributed by atoms with E-state index in [1.54, 1.807) is 49.6 Å². The summed E-state index contributed by atoms with van der Waals surface area (Å²) in [7, 11) is -0.799. The molecular formula is C24H26N2O6S. The van der Waals surface area contributed by atoms with Gasteiger partial charge in [0.1, 0.15) is 5.75 Å². The minimum atomic E-state index is -3.88. The second-order valence-electron chi connectivity index (χ2n) is 6.96. The number of benzene rings is 3. The molecule has 0 radical (unpaired) electrons. The van der Waals surface area contributed by atoms with Crippen LogP contribution in [0.4, 0.5) is 5.69 Å². The van der Waals surface area contributed by atoms with Crippen molar-refractivity contribution in [1.82, 2.24) is 5.32 Å². The summed E-state index contributed by atoms with van der Waals surface area (Å²) in [6.07, 6.45) is 0. The SMILES string of the molecule is CCOc1ccc(CNC(=O)c2cccc(S(=O)(=O)Nc3ccc(OC)cc3)c2)cc1OC. The number of anilines is 1. The van der Waals surface area contributed by atoms with Crippen LogP contribution < -0.4 is 24.2 Å². The van der Waals surface area contributed by atoms with E-state index in [1.165, 1.54) is 25.3 Å². The Hall–Kier alpha value is -3.72. The first kappa shape index (κ1) is 23.9. The third kappa shape index (κ3) is 6.17. The number of amides is 1. The van der Waals surface area contributed by atoms with Crippen molar-refractivity contribution in [2.45, 2.75) is 18.4 Å². The standard InChI is InChI=1S/C24H26N2O6S/c1-4-32-22-13-8-17(14-23(22)31-3)16-25-24(27)18-6-5-7-21(15-18)33(28,29)26-19-9-11-20(30-2)12-10-19/h5-15,26H,4,16H2,1-3H3,(H,25,27). The van der Waals surface area contributed by atoms with Gasteiger partial charge in [-0.3, -0.25) is 9.52 Å². The van der Waals surface area contributed by atoms with Crippen LogP contribution in [0.25, 0.3) is 0 Å². The second kappa shape index (κ2) is 10.7. The molecule has 0 atom stereocenters. The lowest BCUT2D eigenvalue weighted by molar-refractivity contribution is 0.0950. The molecular weight excluding hydrogens is 444 g/mol. The van der Waals surface area contributed by atoms with Gasteiger partial charge in [0.2, 0.25) is 0 Å². The zero-order valence-corrected chi connectivity index (χ0v) is 19.4. The fourth-order valence-electron chi connectivity index (χ4n) is 3.06. The van der Waals surface area contributed by atoms with Gasteiger partial charge in [0.05, 0.1) is 25.7 Å². The van der Waals surface area contributed by atoms with Gasteiger partial charge in [-0.1, -0.05) is 12.1 Å². The summed E-state index contributed by atoms with van der Waals surface area (Å²) in [5, 5.41) is 2.79. The van der Waals surface area contributed by atoms with Gasteiger partial charge in [0.15, 0.2) is 11.5 Å². The van der Waals surface area contributed by atoms with E-state index in [1.807, 2.05) is 13.0 Å². The fraction of sp³-hybridized carbons (Fsp3) is 0.208. The van der Waals surface area contributed by atoms with Crippen molar-refractivity contribution >= 4 is 21.6 Å². The highest BCUT2D eigenvalue weighted by atomic mass is 32.2. The first-order valence-electron chi connectivity index (χ1n) is 10.2. The Labute approximate surface area is 193 Å². The van der Waals surface area contributed by atoms with Gasteiger partial charge in [-0.05, 0) is 67.1 Å². The highest BCUT2D eigenvalue weighted by Crippen LogP contribution is 2.28. The molecule has 0 aliphatic rings. The molecule has 0 bridgehead atoms. The van der Waals surface area contributed by atoms with Crippen LogP contribution in [0.5, 0.6) is 17.2 Å². The fourth-order valence-corrected chi connectivity index (χ4v) is 4.16. The highest BCUT2D eigenvalue weighted by molar-refractivity contribution is 7.92. The molecule has 8 nitrogen and oxygen atoms in total. The number of hydrogen-bond acceptors (Lipinski definition) is 6. The van der Waals surface area contributed by atoms with Crippen LogP contribution in [0.15, 0.2) is 71.6 Å². The van der Waals surface area contributed by atoms with E-state index in [9.17, 15) is 13.2 Å². The van der Waals surface area contributed by atoms with Crippen molar-refractivity contribution in [2.24, 2.45) is 0 Å². The van der Waals surface area contributed by atoms with Crippen LogP contribution in [-0.4, -0.2) is 35.2 Å². The third-order valence-electron chi connectivity index (χ3n) is 4.73. The maximum atomic E-state index is 12.8. The van der Waals surface area contributed by atoms with E-state index in [4.69, 9.17) is 14.2 Å². The molecule has 0 aliphatic heterocycles. The summed E-state index contributed by atoms with van der Waals surface area (Å²) in [6, 6.07) is 17.7. The number of methoxy groups -OCH3 is 2. The average Bonchev–Trinajstić information content (AvgIpc) is 2.83. The Morgan fingerprint density at radius 3 is 2.33 bits per heavy atom. The van der Waals surface area contributed by atoms with Gasteiger partial charge < -0.3 is 19.5 Å². The van der Waals surface area contributed by atoms with Gasteiger partial charge in [-0.15, -0.1) is 0 Å². The molecule has 2 N–H and O–H groups in total. The zero-order valence-electron chi connectivity index (χ0n) is 18.6. The monoisotopic (exact) mass is 470 g/mol. The molecule has 0 saturated heterocycles. The molecule has 3 aromatic carbocycles. The summed E-state index contributed by atoms with van der Waals surface area (Å²) >= 11 is 0. The quantitative estimate of drug-likeness (QED) is 0.467. The number of carbonyl (C=O) groups excluding carboxylic acids is 1. The largest absolute Gasteiger partial charge is 0.497 e. The van der Waals surface area contributed by atoms with Crippen molar-refractivity contribution in [3.05, 3.63) is 77.9 Å². The van der Waals surface area contributed by atoms with Crippen LogP contribution >= 0.6 is 0 Å². The van der Waals surface area contributed by atoms with Crippen LogP contribution in [-0.2, 0) is 16.6 Å². The molecule has 0 aromatic heterocycles. The Kier molecular flexibility index (Phi) is 7.78. The smallest absolute Gasteiger partial charge is 0.261 e. The van der Waals surface area contributed by atoms with Gasteiger partial charge in [-0.2, -0.15) is 0 Å². The lowest BCUT2D eigenvalue weighted by atomic mass is 10.1. The average molecular weight is 471 g/mol. The first-order valence-corrected chi connectivity index (χ1v) is 11.7. The third-order valence-corrected chi connectivity index (χ3v) is 6.11. The van der Waals surface area contributed by atoms with Crippen molar-refractivity contribution < 1.29 is 27.4 Å². The molecule has 0 spiro atoms. The predicted molar refractivity (Wildman–Crippen MR) is 126 cm³/mol. The van der Waals surface area contributed by atoms with Gasteiger partial charge in [-0.25, -0.2) is 8.42 Å². The number of carbonyl (C=O) groups is 1. The van der Waals surface area contributed by atoms with Crippen molar-refractivity contribution in [3.63, 3.8) is 0 Å². The molecule has 0 aliphatic carbocycles. The molecule has 0 unspecified atom stereocenters. The van der Waals surface area contributed by atoms with Gasteiger partial charge >= 0.3 is 0 Å². The lowest BCUT2D eigenvalue weighted by Gasteiger charge is -2.12. The van der Waals surface area contributed by atoms with Crippen molar-refractivity contribution in [3.8, 4) is 17.2 Å². The maximum absolute atomic E-state index is 12.8. The zero-order chi connectivity index (χ0) is 23.8. The topological polar surface area (TPSA) is 103 Å². The summed E-state index contributed by atoms with van der Waals surface area (Å²) < 4.78 is 43.9. The van der Waals surface area contributed by atoms with Crippen LogP contribution in [0.2, 0.25) is 0 Å². The number of nitrogens with one attached hydrogen (secondary N) is 2. The molecule has 3 rings (SSSR count). The molecule has 1 amide bonds. The molecule has 33 heavy (non-hydrogen) atoms. The Bertz CT molecular complexity index is 1210. The van der Waals surface area contributed by atoms with E-state index < -0.39 is 15.9 Å². The van der Waals surface area contributed by atoms with Crippen LogP contribution in [0.1, 0.15) is 22.8 Å². The molecule has 3 aromatic rings. The Balaban J connectivity index is 1.70. The van der Waals surface area contributed by atoms with E-state index >= 15 is 0 Å².